The number of rotatable bonds is 8. The summed E-state index contributed by atoms with van der Waals surface area (Å²) in [7, 11) is 0. The van der Waals surface area contributed by atoms with Crippen LogP contribution in [0.3, 0.4) is 0 Å². The maximum atomic E-state index is 13.1. The Kier molecular flexibility index (Phi) is 7.04. The molecule has 6 nitrogen and oxygen atoms in total. The molecule has 0 saturated carbocycles. The smallest absolute Gasteiger partial charge is 0.387 e. The van der Waals surface area contributed by atoms with E-state index in [0.717, 1.165) is 18.2 Å². The lowest BCUT2D eigenvalue weighted by molar-refractivity contribution is -0.119. The first-order valence-corrected chi connectivity index (χ1v) is 10.4. The van der Waals surface area contributed by atoms with E-state index in [2.05, 4.69) is 15.0 Å². The molecule has 0 aliphatic heterocycles. The lowest BCUT2D eigenvalue weighted by Crippen LogP contribution is -2.33. The van der Waals surface area contributed by atoms with E-state index in [9.17, 15) is 18.4 Å². The Morgan fingerprint density at radius 3 is 2.57 bits per heavy atom. The first-order valence-electron chi connectivity index (χ1n) is 9.38. The van der Waals surface area contributed by atoms with Gasteiger partial charge in [-0.05, 0) is 49.7 Å². The molecule has 1 atom stereocenters. The number of hydrogen-bond donors (Lipinski definition) is 1. The lowest BCUT2D eigenvalue weighted by Gasteiger charge is -2.15. The molecule has 0 saturated heterocycles. The number of aromatic nitrogens is 2. The highest BCUT2D eigenvalue weighted by Crippen LogP contribution is 2.23. The molecule has 0 aliphatic rings. The SMILES string of the molecule is CCC(C)NC(=O)CSc1nc2ccccc2c(=O)n1-c1ccc(OC(F)F)cc1. The van der Waals surface area contributed by atoms with Crippen molar-refractivity contribution < 1.29 is 18.3 Å². The van der Waals surface area contributed by atoms with Gasteiger partial charge in [-0.1, -0.05) is 30.8 Å². The highest BCUT2D eigenvalue weighted by molar-refractivity contribution is 7.99. The summed E-state index contributed by atoms with van der Waals surface area (Å²) in [5, 5.41) is 3.62. The second-order valence-corrected chi connectivity index (χ2v) is 7.53. The van der Waals surface area contributed by atoms with E-state index in [-0.39, 0.29) is 29.0 Å². The quantitative estimate of drug-likeness (QED) is 0.430. The van der Waals surface area contributed by atoms with Crippen LogP contribution in [-0.2, 0) is 4.79 Å². The first-order chi connectivity index (χ1) is 14.4. The van der Waals surface area contributed by atoms with Crippen molar-refractivity contribution in [2.24, 2.45) is 0 Å². The van der Waals surface area contributed by atoms with Crippen LogP contribution in [0.1, 0.15) is 20.3 Å². The van der Waals surface area contributed by atoms with Gasteiger partial charge in [0.05, 0.1) is 22.3 Å². The Bertz CT molecular complexity index is 1090. The number of benzene rings is 2. The highest BCUT2D eigenvalue weighted by Gasteiger charge is 2.16. The molecule has 1 N–H and O–H groups in total. The van der Waals surface area contributed by atoms with Gasteiger partial charge in [-0.2, -0.15) is 8.78 Å². The number of para-hydroxylation sites is 1. The number of nitrogens with zero attached hydrogens (tertiary/aromatic N) is 2. The Balaban J connectivity index is 1.98. The number of thioether (sulfide) groups is 1. The fraction of sp³-hybridized carbons (Fsp3) is 0.286. The fourth-order valence-electron chi connectivity index (χ4n) is 2.76. The maximum absolute atomic E-state index is 13.1. The molecule has 0 bridgehead atoms. The summed E-state index contributed by atoms with van der Waals surface area (Å²) in [4.78, 5) is 29.9. The monoisotopic (exact) mass is 433 g/mol. The van der Waals surface area contributed by atoms with Gasteiger partial charge in [0, 0.05) is 6.04 Å². The van der Waals surface area contributed by atoms with E-state index in [1.165, 1.54) is 28.8 Å². The number of halogens is 2. The van der Waals surface area contributed by atoms with Crippen LogP contribution in [0.4, 0.5) is 8.78 Å². The predicted molar refractivity (Wildman–Crippen MR) is 113 cm³/mol. The molecule has 0 aliphatic carbocycles. The van der Waals surface area contributed by atoms with Crippen LogP contribution in [0.2, 0.25) is 0 Å². The van der Waals surface area contributed by atoms with Crippen LogP contribution in [0.5, 0.6) is 5.75 Å². The largest absolute Gasteiger partial charge is 0.435 e. The summed E-state index contributed by atoms with van der Waals surface area (Å²) >= 11 is 1.13. The topological polar surface area (TPSA) is 73.2 Å². The molecule has 1 unspecified atom stereocenters. The molecule has 1 amide bonds. The Morgan fingerprint density at radius 1 is 1.20 bits per heavy atom. The number of fused-ring (bicyclic) bond motifs is 1. The van der Waals surface area contributed by atoms with Crippen molar-refractivity contribution in [3.63, 3.8) is 0 Å². The van der Waals surface area contributed by atoms with Crippen molar-refractivity contribution >= 4 is 28.6 Å². The second-order valence-electron chi connectivity index (χ2n) is 6.59. The van der Waals surface area contributed by atoms with Crippen molar-refractivity contribution in [1.82, 2.24) is 14.9 Å². The summed E-state index contributed by atoms with van der Waals surface area (Å²) < 4.78 is 30.6. The summed E-state index contributed by atoms with van der Waals surface area (Å²) in [6, 6.07) is 12.7. The van der Waals surface area contributed by atoms with Crippen molar-refractivity contribution in [3.05, 3.63) is 58.9 Å². The minimum Gasteiger partial charge on any atom is -0.435 e. The van der Waals surface area contributed by atoms with Gasteiger partial charge in [-0.3, -0.25) is 14.2 Å². The number of ether oxygens (including phenoxy) is 1. The summed E-state index contributed by atoms with van der Waals surface area (Å²) in [5.41, 5.74) is 0.638. The lowest BCUT2D eigenvalue weighted by atomic mass is 10.2. The van der Waals surface area contributed by atoms with Crippen LogP contribution in [-0.4, -0.2) is 33.9 Å². The summed E-state index contributed by atoms with van der Waals surface area (Å²) in [5.74, 6) is -0.0940. The van der Waals surface area contributed by atoms with E-state index in [4.69, 9.17) is 0 Å². The molecule has 0 fully saturated rings. The van der Waals surface area contributed by atoms with E-state index in [0.29, 0.717) is 21.7 Å². The van der Waals surface area contributed by atoms with Crippen LogP contribution in [0.15, 0.2) is 58.5 Å². The molecule has 0 spiro atoms. The van der Waals surface area contributed by atoms with Gasteiger partial charge < -0.3 is 10.1 Å². The standard InChI is InChI=1S/C21H21F2N3O3S/c1-3-13(2)24-18(27)12-30-21-25-17-7-5-4-6-16(17)19(28)26(21)14-8-10-15(11-9-14)29-20(22)23/h4-11,13,20H,3,12H2,1-2H3,(H,24,27). The van der Waals surface area contributed by atoms with Crippen molar-refractivity contribution in [1.29, 1.82) is 0 Å². The first kappa shape index (κ1) is 21.8. The summed E-state index contributed by atoms with van der Waals surface area (Å²) in [6.07, 6.45) is 0.808. The molecule has 2 aromatic carbocycles. The molecule has 1 aromatic heterocycles. The summed E-state index contributed by atoms with van der Waals surface area (Å²) in [6.45, 7) is 0.953. The van der Waals surface area contributed by atoms with Crippen molar-refractivity contribution in [3.8, 4) is 11.4 Å². The predicted octanol–water partition coefficient (Wildman–Crippen LogP) is 3.99. The number of alkyl halides is 2. The zero-order valence-electron chi connectivity index (χ0n) is 16.5. The maximum Gasteiger partial charge on any atom is 0.387 e. The zero-order chi connectivity index (χ0) is 21.7. The van der Waals surface area contributed by atoms with E-state index >= 15 is 0 Å². The molecule has 9 heteroatoms. The Labute approximate surface area is 176 Å². The molecular weight excluding hydrogens is 412 g/mol. The molecule has 158 valence electrons. The molecule has 1 heterocycles. The average molecular weight is 433 g/mol. The van der Waals surface area contributed by atoms with Crippen LogP contribution in [0.25, 0.3) is 16.6 Å². The normalized spacial score (nSPS) is 12.2. The van der Waals surface area contributed by atoms with Crippen LogP contribution in [0, 0.1) is 0 Å². The molecule has 0 radical (unpaired) electrons. The van der Waals surface area contributed by atoms with E-state index in [1.807, 2.05) is 13.8 Å². The van der Waals surface area contributed by atoms with Crippen molar-refractivity contribution in [2.75, 3.05) is 5.75 Å². The van der Waals surface area contributed by atoms with Gasteiger partial charge in [0.15, 0.2) is 5.16 Å². The third-order valence-electron chi connectivity index (χ3n) is 4.42. The fourth-order valence-corrected chi connectivity index (χ4v) is 3.59. The van der Waals surface area contributed by atoms with Gasteiger partial charge in [0.2, 0.25) is 5.91 Å². The Morgan fingerprint density at radius 2 is 1.90 bits per heavy atom. The van der Waals surface area contributed by atoms with Crippen molar-refractivity contribution in [2.45, 2.75) is 38.1 Å². The van der Waals surface area contributed by atoms with Gasteiger partial charge in [-0.15, -0.1) is 0 Å². The van der Waals surface area contributed by atoms with Gasteiger partial charge in [0.25, 0.3) is 5.56 Å². The minimum atomic E-state index is -2.93. The zero-order valence-corrected chi connectivity index (χ0v) is 17.3. The number of hydrogen-bond acceptors (Lipinski definition) is 5. The number of amides is 1. The number of carbonyl (C=O) groups is 1. The third-order valence-corrected chi connectivity index (χ3v) is 5.36. The van der Waals surface area contributed by atoms with E-state index in [1.54, 1.807) is 24.3 Å². The van der Waals surface area contributed by atoms with Gasteiger partial charge >= 0.3 is 6.61 Å². The second kappa shape index (κ2) is 9.71. The molecule has 3 aromatic rings. The average Bonchev–Trinajstić information content (AvgIpc) is 2.72. The van der Waals surface area contributed by atoms with Gasteiger partial charge in [0.1, 0.15) is 5.75 Å². The third kappa shape index (κ3) is 5.15. The highest BCUT2D eigenvalue weighted by atomic mass is 32.2. The molecule has 3 rings (SSSR count). The number of carbonyl (C=O) groups excluding carboxylic acids is 1. The molecular formula is C21H21F2N3O3S. The molecule has 30 heavy (non-hydrogen) atoms. The van der Waals surface area contributed by atoms with Crippen LogP contribution < -0.4 is 15.6 Å². The van der Waals surface area contributed by atoms with E-state index < -0.39 is 6.61 Å². The Hall–Kier alpha value is -2.94. The van der Waals surface area contributed by atoms with Crippen LogP contribution >= 0.6 is 11.8 Å². The van der Waals surface area contributed by atoms with Gasteiger partial charge in [-0.25, -0.2) is 4.98 Å². The minimum absolute atomic E-state index is 0.0160. The number of nitrogens with one attached hydrogen (secondary N) is 1.